The highest BCUT2D eigenvalue weighted by Gasteiger charge is 2.22. The summed E-state index contributed by atoms with van der Waals surface area (Å²) in [4.78, 5) is 44.5. The van der Waals surface area contributed by atoms with Gasteiger partial charge in [0.05, 0.1) is 17.2 Å². The molecule has 1 aliphatic rings. The van der Waals surface area contributed by atoms with Crippen LogP contribution in [-0.2, 0) is 24.2 Å². The Morgan fingerprint density at radius 2 is 1.97 bits per heavy atom. The largest absolute Gasteiger partial charge is 0.350 e. The van der Waals surface area contributed by atoms with Crippen molar-refractivity contribution in [1.29, 1.82) is 0 Å². The number of amides is 1. The summed E-state index contributed by atoms with van der Waals surface area (Å²) in [6, 6.07) is 7.14. The van der Waals surface area contributed by atoms with E-state index in [9.17, 15) is 14.4 Å². The predicted molar refractivity (Wildman–Crippen MR) is 139 cm³/mol. The summed E-state index contributed by atoms with van der Waals surface area (Å²) in [5.74, 6) is 0.0484. The quantitative estimate of drug-likeness (QED) is 0.155. The van der Waals surface area contributed by atoms with Crippen LogP contribution in [0.4, 0.5) is 0 Å². The minimum absolute atomic E-state index is 0.0319. The van der Waals surface area contributed by atoms with Gasteiger partial charge in [0, 0.05) is 23.9 Å². The van der Waals surface area contributed by atoms with E-state index in [1.54, 1.807) is 34.1 Å². The topological polar surface area (TPSA) is 81.1 Å². The number of fused-ring (bicyclic) bond motifs is 3. The molecule has 1 amide bonds. The van der Waals surface area contributed by atoms with Crippen molar-refractivity contribution in [1.82, 2.24) is 14.9 Å². The number of benzene rings is 1. The summed E-state index contributed by atoms with van der Waals surface area (Å²) in [5, 5.41) is 4.14. The zero-order valence-corrected chi connectivity index (χ0v) is 21.2. The lowest BCUT2D eigenvalue weighted by molar-refractivity contribution is -0.119. The van der Waals surface area contributed by atoms with Crippen molar-refractivity contribution in [3.8, 4) is 0 Å². The first-order valence-electron chi connectivity index (χ1n) is 11.6. The number of hydrogen-bond donors (Lipinski definition) is 1. The van der Waals surface area contributed by atoms with E-state index in [1.165, 1.54) is 35.5 Å². The monoisotopic (exact) mass is 495 g/mol. The fourth-order valence-corrected chi connectivity index (χ4v) is 6.56. The number of thiophene rings is 1. The van der Waals surface area contributed by atoms with E-state index >= 15 is 0 Å². The molecular weight excluding hydrogens is 466 g/mol. The number of Topliss-reactive ketones (excluding diaryl/α,β-unsaturated/α-hetero) is 1. The van der Waals surface area contributed by atoms with Crippen LogP contribution >= 0.6 is 23.1 Å². The molecule has 1 atom stereocenters. The van der Waals surface area contributed by atoms with Crippen molar-refractivity contribution in [3.05, 3.63) is 68.8 Å². The molecule has 0 saturated carbocycles. The maximum Gasteiger partial charge on any atom is 0.263 e. The van der Waals surface area contributed by atoms with Gasteiger partial charge < -0.3 is 5.32 Å². The van der Waals surface area contributed by atoms with Crippen LogP contribution in [0.3, 0.4) is 0 Å². The summed E-state index contributed by atoms with van der Waals surface area (Å²) in [6.45, 7) is 7.55. The summed E-state index contributed by atoms with van der Waals surface area (Å²) in [5.41, 5.74) is 2.67. The van der Waals surface area contributed by atoms with Crippen LogP contribution in [0, 0.1) is 0 Å². The SMILES string of the molecule is C=CCn1c(SCC(=O)c2ccc(C(C)NC(C)=O)cc2)nc2sc3c(c2c1=O)CCCCC3. The van der Waals surface area contributed by atoms with E-state index in [1.807, 2.05) is 19.1 Å². The van der Waals surface area contributed by atoms with E-state index in [-0.39, 0.29) is 29.0 Å². The number of aryl methyl sites for hydroxylation is 2. The molecule has 178 valence electrons. The van der Waals surface area contributed by atoms with Gasteiger partial charge in [0.15, 0.2) is 10.9 Å². The standard InChI is InChI=1S/C26H29N3O3S2/c1-4-14-29-25(32)23-20-8-6-5-7-9-22(20)34-24(23)28-26(29)33-15-21(31)19-12-10-18(11-13-19)16(2)27-17(3)30/h4,10-13,16H,1,5-9,14-15H2,2-3H3,(H,27,30). The van der Waals surface area contributed by atoms with Crippen LogP contribution in [0.2, 0.25) is 0 Å². The number of carbonyl (C=O) groups is 2. The van der Waals surface area contributed by atoms with Crippen LogP contribution in [0.5, 0.6) is 0 Å². The van der Waals surface area contributed by atoms with Gasteiger partial charge >= 0.3 is 0 Å². The average Bonchev–Trinajstić information content (AvgIpc) is 3.00. The number of ketones is 1. The maximum absolute atomic E-state index is 13.4. The molecule has 2 aromatic heterocycles. The smallest absolute Gasteiger partial charge is 0.263 e. The Balaban J connectivity index is 1.56. The normalized spacial score (nSPS) is 14.3. The number of carbonyl (C=O) groups excluding carboxylic acids is 2. The van der Waals surface area contributed by atoms with Gasteiger partial charge in [0.25, 0.3) is 5.56 Å². The average molecular weight is 496 g/mol. The summed E-state index contributed by atoms with van der Waals surface area (Å²) in [7, 11) is 0. The molecule has 1 N–H and O–H groups in total. The molecule has 8 heteroatoms. The van der Waals surface area contributed by atoms with Gasteiger partial charge in [0.2, 0.25) is 5.91 Å². The first kappa shape index (κ1) is 24.4. The molecule has 1 aliphatic carbocycles. The lowest BCUT2D eigenvalue weighted by Gasteiger charge is -2.13. The number of aromatic nitrogens is 2. The Morgan fingerprint density at radius 3 is 2.68 bits per heavy atom. The minimum Gasteiger partial charge on any atom is -0.350 e. The second-order valence-electron chi connectivity index (χ2n) is 8.60. The molecule has 0 saturated heterocycles. The number of nitrogens with zero attached hydrogens (tertiary/aromatic N) is 2. The van der Waals surface area contributed by atoms with E-state index in [4.69, 9.17) is 4.98 Å². The molecular formula is C26H29N3O3S2. The summed E-state index contributed by atoms with van der Waals surface area (Å²) in [6.07, 6.45) is 7.09. The highest BCUT2D eigenvalue weighted by Crippen LogP contribution is 2.34. The molecule has 2 heterocycles. The Labute approximate surface area is 207 Å². The van der Waals surface area contributed by atoms with E-state index in [0.29, 0.717) is 17.3 Å². The summed E-state index contributed by atoms with van der Waals surface area (Å²) < 4.78 is 1.64. The Hall–Kier alpha value is -2.71. The first-order chi connectivity index (χ1) is 16.4. The molecule has 3 aromatic rings. The highest BCUT2D eigenvalue weighted by atomic mass is 32.2. The number of rotatable bonds is 8. The van der Waals surface area contributed by atoms with Crippen molar-refractivity contribution in [2.24, 2.45) is 0 Å². The zero-order chi connectivity index (χ0) is 24.2. The van der Waals surface area contributed by atoms with Crippen molar-refractivity contribution < 1.29 is 9.59 Å². The van der Waals surface area contributed by atoms with Crippen molar-refractivity contribution in [3.63, 3.8) is 0 Å². The third-order valence-electron chi connectivity index (χ3n) is 6.09. The summed E-state index contributed by atoms with van der Waals surface area (Å²) >= 11 is 2.92. The van der Waals surface area contributed by atoms with Gasteiger partial charge in [-0.25, -0.2) is 4.98 Å². The lowest BCUT2D eigenvalue weighted by atomic mass is 10.0. The van der Waals surface area contributed by atoms with Crippen LogP contribution in [-0.4, -0.2) is 27.0 Å². The molecule has 1 unspecified atom stereocenters. The fraction of sp³-hybridized carbons (Fsp3) is 0.385. The molecule has 0 aliphatic heterocycles. The molecule has 0 bridgehead atoms. The van der Waals surface area contributed by atoms with Crippen LogP contribution in [0.1, 0.15) is 65.5 Å². The molecule has 0 spiro atoms. The zero-order valence-electron chi connectivity index (χ0n) is 19.6. The van der Waals surface area contributed by atoms with E-state index in [2.05, 4.69) is 11.9 Å². The molecule has 34 heavy (non-hydrogen) atoms. The molecule has 0 radical (unpaired) electrons. The molecule has 0 fully saturated rings. The number of hydrogen-bond acceptors (Lipinski definition) is 6. The van der Waals surface area contributed by atoms with Gasteiger partial charge in [-0.2, -0.15) is 0 Å². The van der Waals surface area contributed by atoms with E-state index < -0.39 is 0 Å². The molecule has 1 aromatic carbocycles. The molecule has 4 rings (SSSR count). The van der Waals surface area contributed by atoms with Gasteiger partial charge in [0.1, 0.15) is 4.83 Å². The Morgan fingerprint density at radius 1 is 1.24 bits per heavy atom. The Bertz CT molecular complexity index is 1290. The van der Waals surface area contributed by atoms with Gasteiger partial charge in [-0.15, -0.1) is 17.9 Å². The predicted octanol–water partition coefficient (Wildman–Crippen LogP) is 5.09. The second kappa shape index (κ2) is 10.7. The van der Waals surface area contributed by atoms with Crippen molar-refractivity contribution in [2.45, 2.75) is 63.7 Å². The third kappa shape index (κ3) is 5.18. The third-order valence-corrected chi connectivity index (χ3v) is 8.25. The lowest BCUT2D eigenvalue weighted by Crippen LogP contribution is -2.23. The Kier molecular flexibility index (Phi) is 7.68. The maximum atomic E-state index is 13.4. The number of thioether (sulfide) groups is 1. The fourth-order valence-electron chi connectivity index (χ4n) is 4.36. The minimum atomic E-state index is -0.124. The van der Waals surface area contributed by atoms with Crippen LogP contribution in [0.15, 0.2) is 46.9 Å². The van der Waals surface area contributed by atoms with Gasteiger partial charge in [-0.1, -0.05) is 48.5 Å². The first-order valence-corrected chi connectivity index (χ1v) is 13.4. The van der Waals surface area contributed by atoms with Crippen LogP contribution < -0.4 is 10.9 Å². The van der Waals surface area contributed by atoms with Gasteiger partial charge in [-0.05, 0) is 43.7 Å². The number of nitrogens with one attached hydrogen (secondary N) is 1. The van der Waals surface area contributed by atoms with E-state index in [0.717, 1.165) is 41.5 Å². The van der Waals surface area contributed by atoms with Gasteiger partial charge in [-0.3, -0.25) is 19.0 Å². The second-order valence-corrected chi connectivity index (χ2v) is 10.6. The van der Waals surface area contributed by atoms with Crippen molar-refractivity contribution in [2.75, 3.05) is 5.75 Å². The van der Waals surface area contributed by atoms with Crippen LogP contribution in [0.25, 0.3) is 10.2 Å². The molecule has 6 nitrogen and oxygen atoms in total. The van der Waals surface area contributed by atoms with Crippen molar-refractivity contribution >= 4 is 45.0 Å². The number of allylic oxidation sites excluding steroid dienone is 1. The highest BCUT2D eigenvalue weighted by molar-refractivity contribution is 7.99.